The van der Waals surface area contributed by atoms with E-state index in [-0.39, 0.29) is 31.0 Å². The van der Waals surface area contributed by atoms with Gasteiger partial charge in [0.05, 0.1) is 25.0 Å². The van der Waals surface area contributed by atoms with E-state index >= 15 is 0 Å². The molecule has 0 aromatic heterocycles. The van der Waals surface area contributed by atoms with Gasteiger partial charge in [-0.3, -0.25) is 24.6 Å². The lowest BCUT2D eigenvalue weighted by Crippen LogP contribution is -2.54. The lowest BCUT2D eigenvalue weighted by Gasteiger charge is -2.30. The first-order chi connectivity index (χ1) is 12.8. The van der Waals surface area contributed by atoms with E-state index in [1.165, 1.54) is 30.2 Å². The maximum absolute atomic E-state index is 14.0. The van der Waals surface area contributed by atoms with Crippen LogP contribution in [0.3, 0.4) is 0 Å². The summed E-state index contributed by atoms with van der Waals surface area (Å²) in [5, 5.41) is 6.01. The molecule has 1 aromatic rings. The molecule has 2 saturated heterocycles. The average molecular weight is 375 g/mol. The summed E-state index contributed by atoms with van der Waals surface area (Å²) in [7, 11) is 1.50. The van der Waals surface area contributed by atoms with E-state index in [2.05, 4.69) is 10.6 Å². The Labute approximate surface area is 156 Å². The number of methoxy groups -OCH3 is 1. The van der Waals surface area contributed by atoms with Crippen LogP contribution in [-0.4, -0.2) is 48.9 Å². The topological polar surface area (TPSA) is 87.7 Å². The molecule has 1 aromatic carbocycles. The normalized spacial score (nSPS) is 31.8. The second-order valence-corrected chi connectivity index (χ2v) is 7.69. The number of nitrogens with one attached hydrogen (secondary N) is 2. The lowest BCUT2D eigenvalue weighted by atomic mass is 9.76. The molecule has 27 heavy (non-hydrogen) atoms. The highest BCUT2D eigenvalue weighted by molar-refractivity contribution is 6.15. The minimum atomic E-state index is -1.44. The zero-order chi connectivity index (χ0) is 19.5. The maximum atomic E-state index is 14.0. The van der Waals surface area contributed by atoms with E-state index in [9.17, 15) is 18.8 Å². The lowest BCUT2D eigenvalue weighted by molar-refractivity contribution is -0.143. The van der Waals surface area contributed by atoms with Crippen molar-refractivity contribution in [3.8, 4) is 0 Å². The van der Waals surface area contributed by atoms with Crippen LogP contribution in [0.5, 0.6) is 0 Å². The number of halogens is 1. The second kappa shape index (κ2) is 6.10. The molecular weight excluding hydrogens is 353 g/mol. The number of ether oxygens (including phenoxy) is 1. The monoisotopic (exact) mass is 375 g/mol. The highest BCUT2D eigenvalue weighted by atomic mass is 19.1. The van der Waals surface area contributed by atoms with Crippen LogP contribution in [0.2, 0.25) is 0 Å². The molecule has 3 aliphatic heterocycles. The van der Waals surface area contributed by atoms with Gasteiger partial charge in [0.25, 0.3) is 0 Å². The molecule has 144 valence electrons. The molecular formula is C19H22FN3O4. The van der Waals surface area contributed by atoms with Crippen molar-refractivity contribution in [2.75, 3.05) is 25.6 Å². The number of nitrogens with zero attached hydrogens (tertiary/aromatic N) is 1. The number of imide groups is 1. The van der Waals surface area contributed by atoms with Gasteiger partial charge in [0.15, 0.2) is 0 Å². The fraction of sp³-hybridized carbons (Fsp3) is 0.526. The van der Waals surface area contributed by atoms with Gasteiger partial charge in [0, 0.05) is 24.4 Å². The molecule has 8 heteroatoms. The zero-order valence-corrected chi connectivity index (χ0v) is 15.4. The Hall–Kier alpha value is -2.32. The van der Waals surface area contributed by atoms with Crippen molar-refractivity contribution >= 4 is 23.4 Å². The number of benzene rings is 1. The summed E-state index contributed by atoms with van der Waals surface area (Å²) in [6.45, 7) is 4.23. The van der Waals surface area contributed by atoms with Gasteiger partial charge >= 0.3 is 0 Å². The molecule has 0 aliphatic carbocycles. The third-order valence-electron chi connectivity index (χ3n) is 5.94. The molecule has 4 rings (SSSR count). The standard InChI is InChI=1S/C19H22FN3O4/c1-9(2)15-13-14(17(25)23(16(13)24)6-7-27-3)19(22-15)11-8-10(20)4-5-12(11)21-18(19)26/h4-5,8-9,13-15,22H,6-7H2,1-3H3,(H,21,26)/t13-,14-,15+,19+/m0/s1. The number of amides is 3. The SMILES string of the molecule is COCCN1C(=O)[C@@H]2[C@@H](C(C)C)N[C@@]3(C(=O)Nc4ccc(F)cc43)[C@@H]2C1=O. The Balaban J connectivity index is 1.86. The summed E-state index contributed by atoms with van der Waals surface area (Å²) >= 11 is 0. The van der Waals surface area contributed by atoms with E-state index in [1.807, 2.05) is 13.8 Å². The molecule has 0 saturated carbocycles. The van der Waals surface area contributed by atoms with E-state index in [4.69, 9.17) is 4.74 Å². The number of likely N-dealkylation sites (tertiary alicyclic amines) is 1. The minimum Gasteiger partial charge on any atom is -0.383 e. The van der Waals surface area contributed by atoms with Gasteiger partial charge in [0.2, 0.25) is 17.7 Å². The Morgan fingerprint density at radius 1 is 1.26 bits per heavy atom. The second-order valence-electron chi connectivity index (χ2n) is 7.69. The third kappa shape index (κ3) is 2.29. The van der Waals surface area contributed by atoms with Gasteiger partial charge in [-0.15, -0.1) is 0 Å². The Morgan fingerprint density at radius 2 is 2.00 bits per heavy atom. The predicted octanol–water partition coefficient (Wildman–Crippen LogP) is 0.849. The van der Waals surface area contributed by atoms with Crippen LogP contribution < -0.4 is 10.6 Å². The molecule has 2 N–H and O–H groups in total. The van der Waals surface area contributed by atoms with Crippen molar-refractivity contribution in [1.29, 1.82) is 0 Å². The summed E-state index contributed by atoms with van der Waals surface area (Å²) < 4.78 is 19.0. The van der Waals surface area contributed by atoms with Crippen molar-refractivity contribution in [3.63, 3.8) is 0 Å². The minimum absolute atomic E-state index is 0.00130. The van der Waals surface area contributed by atoms with Crippen LogP contribution in [0.4, 0.5) is 10.1 Å². The van der Waals surface area contributed by atoms with Crippen molar-refractivity contribution in [2.24, 2.45) is 17.8 Å². The number of anilines is 1. The summed E-state index contributed by atoms with van der Waals surface area (Å²) in [6, 6.07) is 3.65. The van der Waals surface area contributed by atoms with Crippen LogP contribution in [0.25, 0.3) is 0 Å². The van der Waals surface area contributed by atoms with Crippen LogP contribution in [0.1, 0.15) is 19.4 Å². The van der Waals surface area contributed by atoms with E-state index < -0.39 is 35.0 Å². The quantitative estimate of drug-likeness (QED) is 0.762. The van der Waals surface area contributed by atoms with Crippen molar-refractivity contribution in [1.82, 2.24) is 10.2 Å². The summed E-state index contributed by atoms with van der Waals surface area (Å²) in [5.74, 6) is -3.21. The largest absolute Gasteiger partial charge is 0.383 e. The fourth-order valence-electron chi connectivity index (χ4n) is 4.74. The molecule has 4 atom stereocenters. The van der Waals surface area contributed by atoms with Crippen LogP contribution in [-0.2, 0) is 24.7 Å². The first-order valence-corrected chi connectivity index (χ1v) is 9.06. The maximum Gasteiger partial charge on any atom is 0.250 e. The van der Waals surface area contributed by atoms with Gasteiger partial charge in [-0.1, -0.05) is 13.8 Å². The molecule has 0 unspecified atom stereocenters. The highest BCUT2D eigenvalue weighted by Crippen LogP contribution is 2.53. The average Bonchev–Trinajstić information content (AvgIpc) is 3.20. The molecule has 2 fully saturated rings. The van der Waals surface area contributed by atoms with E-state index in [0.717, 1.165) is 0 Å². The van der Waals surface area contributed by atoms with Crippen LogP contribution >= 0.6 is 0 Å². The molecule has 3 heterocycles. The number of hydrogen-bond acceptors (Lipinski definition) is 5. The van der Waals surface area contributed by atoms with E-state index in [1.54, 1.807) is 0 Å². The van der Waals surface area contributed by atoms with E-state index in [0.29, 0.717) is 11.3 Å². The van der Waals surface area contributed by atoms with Crippen LogP contribution in [0.15, 0.2) is 18.2 Å². The molecule has 0 bridgehead atoms. The summed E-state index contributed by atoms with van der Waals surface area (Å²) in [5.41, 5.74) is -0.584. The Morgan fingerprint density at radius 3 is 2.67 bits per heavy atom. The molecule has 0 radical (unpaired) electrons. The number of carbonyl (C=O) groups excluding carboxylic acids is 3. The van der Waals surface area contributed by atoms with Gasteiger partial charge in [-0.05, 0) is 24.1 Å². The highest BCUT2D eigenvalue weighted by Gasteiger charge is 2.70. The van der Waals surface area contributed by atoms with Gasteiger partial charge < -0.3 is 10.1 Å². The summed E-state index contributed by atoms with van der Waals surface area (Å²) in [6.07, 6.45) is 0. The van der Waals surface area contributed by atoms with Gasteiger partial charge in [0.1, 0.15) is 11.4 Å². The smallest absolute Gasteiger partial charge is 0.250 e. The number of hydrogen-bond donors (Lipinski definition) is 2. The molecule has 3 aliphatic rings. The summed E-state index contributed by atoms with van der Waals surface area (Å²) in [4.78, 5) is 40.5. The first-order valence-electron chi connectivity index (χ1n) is 9.06. The molecule has 1 spiro atoms. The first kappa shape index (κ1) is 18.1. The fourth-order valence-corrected chi connectivity index (χ4v) is 4.74. The molecule has 7 nitrogen and oxygen atoms in total. The number of fused-ring (bicyclic) bond motifs is 4. The Bertz CT molecular complexity index is 842. The number of carbonyl (C=O) groups is 3. The van der Waals surface area contributed by atoms with Gasteiger partial charge in [-0.2, -0.15) is 0 Å². The predicted molar refractivity (Wildman–Crippen MR) is 94.0 cm³/mol. The van der Waals surface area contributed by atoms with Crippen molar-refractivity contribution in [2.45, 2.75) is 25.4 Å². The Kier molecular flexibility index (Phi) is 4.08. The number of rotatable bonds is 4. The van der Waals surface area contributed by atoms with Gasteiger partial charge in [-0.25, -0.2) is 4.39 Å². The van der Waals surface area contributed by atoms with Crippen LogP contribution in [0, 0.1) is 23.6 Å². The molecule has 3 amide bonds. The van der Waals surface area contributed by atoms with Crippen molar-refractivity contribution in [3.05, 3.63) is 29.6 Å². The third-order valence-corrected chi connectivity index (χ3v) is 5.94. The zero-order valence-electron chi connectivity index (χ0n) is 15.4. The van der Waals surface area contributed by atoms with Crippen molar-refractivity contribution < 1.29 is 23.5 Å².